The van der Waals surface area contributed by atoms with E-state index in [9.17, 15) is 4.79 Å². The van der Waals surface area contributed by atoms with Crippen LogP contribution >= 0.6 is 0 Å². The largest absolute Gasteiger partial charge is 0.380 e. The molecule has 124 valence electrons. The average Bonchev–Trinajstić information content (AvgIpc) is 2.49. The maximum atomic E-state index is 11.6. The zero-order valence-electron chi connectivity index (χ0n) is 14.0. The first-order valence-corrected chi connectivity index (χ1v) is 8.32. The van der Waals surface area contributed by atoms with Gasteiger partial charge in [0.1, 0.15) is 0 Å². The highest BCUT2D eigenvalue weighted by atomic mass is 16.5. The standard InChI is InChI=1S/C16H33N3O2/c1-4-10-18-16(2,15(17)20)9-5-6-11-19-12-7-8-14(13-19)21-3/h14,18H,4-13H2,1-3H3,(H2,17,20). The lowest BCUT2D eigenvalue weighted by Crippen LogP contribution is -2.53. The summed E-state index contributed by atoms with van der Waals surface area (Å²) in [6.07, 6.45) is 6.72. The van der Waals surface area contributed by atoms with Gasteiger partial charge in [0.2, 0.25) is 5.91 Å². The second-order valence-electron chi connectivity index (χ2n) is 6.38. The van der Waals surface area contributed by atoms with Crippen LogP contribution in [0.2, 0.25) is 0 Å². The van der Waals surface area contributed by atoms with Crippen LogP contribution in [0.5, 0.6) is 0 Å². The second kappa shape index (κ2) is 9.38. The van der Waals surface area contributed by atoms with Gasteiger partial charge >= 0.3 is 0 Å². The van der Waals surface area contributed by atoms with Crippen molar-refractivity contribution in [1.82, 2.24) is 10.2 Å². The number of likely N-dealkylation sites (tertiary alicyclic amines) is 1. The highest BCUT2D eigenvalue weighted by Gasteiger charge is 2.29. The highest BCUT2D eigenvalue weighted by Crippen LogP contribution is 2.16. The van der Waals surface area contributed by atoms with Crippen LogP contribution in [0.25, 0.3) is 0 Å². The number of carbonyl (C=O) groups is 1. The van der Waals surface area contributed by atoms with Crippen LogP contribution in [-0.2, 0) is 9.53 Å². The van der Waals surface area contributed by atoms with Gasteiger partial charge in [-0.05, 0) is 65.1 Å². The number of nitrogens with two attached hydrogens (primary N) is 1. The summed E-state index contributed by atoms with van der Waals surface area (Å²) >= 11 is 0. The van der Waals surface area contributed by atoms with Crippen LogP contribution in [0.15, 0.2) is 0 Å². The third-order valence-corrected chi connectivity index (χ3v) is 4.51. The Hall–Kier alpha value is -0.650. The van der Waals surface area contributed by atoms with Gasteiger partial charge in [0.25, 0.3) is 0 Å². The number of amides is 1. The third kappa shape index (κ3) is 6.32. The Morgan fingerprint density at radius 2 is 2.24 bits per heavy atom. The topological polar surface area (TPSA) is 67.6 Å². The minimum Gasteiger partial charge on any atom is -0.380 e. The molecule has 0 radical (unpaired) electrons. The van der Waals surface area contributed by atoms with E-state index in [-0.39, 0.29) is 5.91 Å². The number of carbonyl (C=O) groups excluding carboxylic acids is 1. The number of hydrogen-bond acceptors (Lipinski definition) is 4. The molecule has 1 amide bonds. The third-order valence-electron chi connectivity index (χ3n) is 4.51. The van der Waals surface area contributed by atoms with Gasteiger partial charge in [0.05, 0.1) is 11.6 Å². The van der Waals surface area contributed by atoms with Gasteiger partial charge in [0.15, 0.2) is 0 Å². The molecule has 1 aliphatic heterocycles. The van der Waals surface area contributed by atoms with Crippen molar-refractivity contribution in [2.45, 2.75) is 64.0 Å². The minimum absolute atomic E-state index is 0.242. The van der Waals surface area contributed by atoms with Gasteiger partial charge in [-0.2, -0.15) is 0 Å². The van der Waals surface area contributed by atoms with Crippen LogP contribution in [0.4, 0.5) is 0 Å². The van der Waals surface area contributed by atoms with E-state index < -0.39 is 5.54 Å². The lowest BCUT2D eigenvalue weighted by atomic mass is 9.93. The van der Waals surface area contributed by atoms with Crippen LogP contribution in [0, 0.1) is 0 Å². The fraction of sp³-hybridized carbons (Fsp3) is 0.938. The minimum atomic E-state index is -0.563. The smallest absolute Gasteiger partial charge is 0.237 e. The maximum Gasteiger partial charge on any atom is 0.237 e. The van der Waals surface area contributed by atoms with Crippen molar-refractivity contribution in [2.75, 3.05) is 33.3 Å². The van der Waals surface area contributed by atoms with Gasteiger partial charge in [0, 0.05) is 13.7 Å². The van der Waals surface area contributed by atoms with E-state index in [4.69, 9.17) is 10.5 Å². The number of nitrogens with zero attached hydrogens (tertiary/aromatic N) is 1. The molecule has 0 saturated carbocycles. The summed E-state index contributed by atoms with van der Waals surface area (Å²) < 4.78 is 5.44. The van der Waals surface area contributed by atoms with Crippen molar-refractivity contribution < 1.29 is 9.53 Å². The summed E-state index contributed by atoms with van der Waals surface area (Å²) in [6, 6.07) is 0. The molecule has 3 N–H and O–H groups in total. The number of primary amides is 1. The number of rotatable bonds is 10. The summed E-state index contributed by atoms with van der Waals surface area (Å²) in [5.41, 5.74) is 4.98. The fourth-order valence-corrected chi connectivity index (χ4v) is 2.92. The Morgan fingerprint density at radius 1 is 1.48 bits per heavy atom. The molecule has 1 saturated heterocycles. The predicted octanol–water partition coefficient (Wildman–Crippen LogP) is 1.51. The number of unbranched alkanes of at least 4 members (excludes halogenated alkanes) is 1. The van der Waals surface area contributed by atoms with E-state index in [1.54, 1.807) is 7.11 Å². The molecule has 2 atom stereocenters. The normalized spacial score (nSPS) is 22.9. The Balaban J connectivity index is 2.26. The molecule has 5 nitrogen and oxygen atoms in total. The molecular weight excluding hydrogens is 266 g/mol. The fourth-order valence-electron chi connectivity index (χ4n) is 2.92. The Labute approximate surface area is 129 Å². The first-order chi connectivity index (χ1) is 10.0. The number of ether oxygens (including phenoxy) is 1. The highest BCUT2D eigenvalue weighted by molar-refractivity contribution is 5.84. The number of methoxy groups -OCH3 is 1. The number of hydrogen-bond donors (Lipinski definition) is 2. The summed E-state index contributed by atoms with van der Waals surface area (Å²) in [6.45, 7) is 8.14. The van der Waals surface area contributed by atoms with E-state index in [2.05, 4.69) is 17.1 Å². The monoisotopic (exact) mass is 299 g/mol. The molecule has 5 heteroatoms. The van der Waals surface area contributed by atoms with Crippen molar-refractivity contribution in [3.8, 4) is 0 Å². The molecule has 1 rings (SSSR count). The van der Waals surface area contributed by atoms with Crippen LogP contribution in [0.1, 0.15) is 52.4 Å². The summed E-state index contributed by atoms with van der Waals surface area (Å²) in [4.78, 5) is 14.1. The SMILES string of the molecule is CCCNC(C)(CCCCN1CCCC(OC)C1)C(N)=O. The lowest BCUT2D eigenvalue weighted by molar-refractivity contribution is -0.124. The Kier molecular flexibility index (Phi) is 8.22. The molecule has 0 spiro atoms. The number of piperidine rings is 1. The first-order valence-electron chi connectivity index (χ1n) is 8.32. The van der Waals surface area contributed by atoms with E-state index in [0.29, 0.717) is 6.10 Å². The van der Waals surface area contributed by atoms with Crippen molar-refractivity contribution in [3.05, 3.63) is 0 Å². The molecule has 2 unspecified atom stereocenters. The molecule has 1 heterocycles. The molecule has 0 bridgehead atoms. The van der Waals surface area contributed by atoms with Gasteiger partial charge in [-0.15, -0.1) is 0 Å². The summed E-state index contributed by atoms with van der Waals surface area (Å²) in [5, 5.41) is 3.29. The second-order valence-corrected chi connectivity index (χ2v) is 6.38. The van der Waals surface area contributed by atoms with E-state index in [1.807, 2.05) is 6.92 Å². The quantitative estimate of drug-likeness (QED) is 0.600. The number of nitrogens with one attached hydrogen (secondary N) is 1. The summed E-state index contributed by atoms with van der Waals surface area (Å²) in [7, 11) is 1.80. The Bertz CT molecular complexity index is 312. The molecule has 0 aromatic carbocycles. The predicted molar refractivity (Wildman–Crippen MR) is 86.2 cm³/mol. The zero-order chi connectivity index (χ0) is 15.7. The van der Waals surface area contributed by atoms with E-state index in [0.717, 1.165) is 45.3 Å². The molecule has 0 aromatic rings. The summed E-state index contributed by atoms with van der Waals surface area (Å²) in [5.74, 6) is -0.242. The lowest BCUT2D eigenvalue weighted by Gasteiger charge is -2.32. The molecule has 0 aliphatic carbocycles. The first kappa shape index (κ1) is 18.4. The van der Waals surface area contributed by atoms with Crippen molar-refractivity contribution in [1.29, 1.82) is 0 Å². The van der Waals surface area contributed by atoms with E-state index >= 15 is 0 Å². The van der Waals surface area contributed by atoms with Gasteiger partial charge in [-0.25, -0.2) is 0 Å². The van der Waals surface area contributed by atoms with Crippen LogP contribution < -0.4 is 11.1 Å². The molecule has 0 aromatic heterocycles. The van der Waals surface area contributed by atoms with Crippen LogP contribution in [0.3, 0.4) is 0 Å². The maximum absolute atomic E-state index is 11.6. The molecule has 21 heavy (non-hydrogen) atoms. The van der Waals surface area contributed by atoms with Gasteiger partial charge in [-0.1, -0.05) is 6.92 Å². The Morgan fingerprint density at radius 3 is 2.86 bits per heavy atom. The van der Waals surface area contributed by atoms with Gasteiger partial charge in [-0.3, -0.25) is 4.79 Å². The van der Waals surface area contributed by atoms with Crippen LogP contribution in [-0.4, -0.2) is 55.7 Å². The average molecular weight is 299 g/mol. The van der Waals surface area contributed by atoms with Gasteiger partial charge < -0.3 is 20.7 Å². The zero-order valence-corrected chi connectivity index (χ0v) is 14.0. The van der Waals surface area contributed by atoms with Crippen molar-refractivity contribution in [2.24, 2.45) is 5.73 Å². The molecule has 1 fully saturated rings. The molecular formula is C16H33N3O2. The van der Waals surface area contributed by atoms with E-state index in [1.165, 1.54) is 19.4 Å². The molecule has 1 aliphatic rings. The van der Waals surface area contributed by atoms with Crippen molar-refractivity contribution in [3.63, 3.8) is 0 Å². The van der Waals surface area contributed by atoms with Crippen molar-refractivity contribution >= 4 is 5.91 Å².